The zero-order chi connectivity index (χ0) is 21.5. The van der Waals surface area contributed by atoms with E-state index in [2.05, 4.69) is 10.3 Å². The normalized spacial score (nSPS) is 17.1. The molecular weight excluding hydrogens is 399 g/mol. The number of fused-ring (bicyclic) bond motifs is 1. The lowest BCUT2D eigenvalue weighted by Crippen LogP contribution is -2.52. The molecule has 1 saturated heterocycles. The third-order valence-electron chi connectivity index (χ3n) is 5.09. The minimum absolute atomic E-state index is 0.0835. The molecule has 2 heterocycles. The SMILES string of the molecule is COc1ccc2cc(C(=O)N3CCNC(=O)C3c3ccccc3C(F)(F)F)[nH]c2c1. The maximum atomic E-state index is 13.5. The number of alkyl halides is 3. The second kappa shape index (κ2) is 7.40. The molecule has 9 heteroatoms. The first-order valence-corrected chi connectivity index (χ1v) is 9.21. The van der Waals surface area contributed by atoms with Crippen molar-refractivity contribution < 1.29 is 27.5 Å². The molecule has 0 radical (unpaired) electrons. The third kappa shape index (κ3) is 3.47. The maximum absolute atomic E-state index is 13.5. The predicted molar refractivity (Wildman–Crippen MR) is 103 cm³/mol. The molecular formula is C21H18F3N3O3. The number of carbonyl (C=O) groups excluding carboxylic acids is 2. The summed E-state index contributed by atoms with van der Waals surface area (Å²) in [5.74, 6) is -0.608. The molecule has 1 atom stereocenters. The van der Waals surface area contributed by atoms with Gasteiger partial charge in [0, 0.05) is 30.1 Å². The molecule has 1 aromatic heterocycles. The molecule has 156 valence electrons. The van der Waals surface area contributed by atoms with Gasteiger partial charge in [0.1, 0.15) is 17.5 Å². The molecule has 1 aliphatic heterocycles. The number of halogens is 3. The molecule has 0 aliphatic carbocycles. The van der Waals surface area contributed by atoms with Gasteiger partial charge in [0.2, 0.25) is 5.91 Å². The topological polar surface area (TPSA) is 74.4 Å². The quantitative estimate of drug-likeness (QED) is 0.685. The summed E-state index contributed by atoms with van der Waals surface area (Å²) in [6.07, 6.45) is -4.65. The highest BCUT2D eigenvalue weighted by atomic mass is 19.4. The van der Waals surface area contributed by atoms with Gasteiger partial charge in [0.25, 0.3) is 5.91 Å². The van der Waals surface area contributed by atoms with Crippen LogP contribution in [0.1, 0.15) is 27.7 Å². The molecule has 1 unspecified atom stereocenters. The Morgan fingerprint density at radius 1 is 1.17 bits per heavy atom. The molecule has 2 aromatic carbocycles. The molecule has 0 saturated carbocycles. The summed E-state index contributed by atoms with van der Waals surface area (Å²) in [5, 5.41) is 3.30. The van der Waals surface area contributed by atoms with Gasteiger partial charge in [-0.3, -0.25) is 9.59 Å². The van der Waals surface area contributed by atoms with Crippen LogP contribution in [0.3, 0.4) is 0 Å². The van der Waals surface area contributed by atoms with E-state index in [1.54, 1.807) is 24.3 Å². The van der Waals surface area contributed by atoms with Gasteiger partial charge in [-0.2, -0.15) is 13.2 Å². The van der Waals surface area contributed by atoms with Crippen molar-refractivity contribution in [1.29, 1.82) is 0 Å². The Morgan fingerprint density at radius 3 is 2.67 bits per heavy atom. The van der Waals surface area contributed by atoms with Crippen LogP contribution in [-0.2, 0) is 11.0 Å². The van der Waals surface area contributed by atoms with Crippen LogP contribution >= 0.6 is 0 Å². The van der Waals surface area contributed by atoms with E-state index >= 15 is 0 Å². The number of nitrogens with one attached hydrogen (secondary N) is 2. The number of piperazine rings is 1. The number of H-pyrrole nitrogens is 1. The van der Waals surface area contributed by atoms with Crippen LogP contribution in [0.25, 0.3) is 10.9 Å². The van der Waals surface area contributed by atoms with Crippen molar-refractivity contribution in [1.82, 2.24) is 15.2 Å². The minimum atomic E-state index is -4.65. The van der Waals surface area contributed by atoms with Crippen molar-refractivity contribution >= 4 is 22.7 Å². The van der Waals surface area contributed by atoms with E-state index in [9.17, 15) is 22.8 Å². The average molecular weight is 417 g/mol. The Morgan fingerprint density at radius 2 is 1.93 bits per heavy atom. The number of rotatable bonds is 3. The van der Waals surface area contributed by atoms with E-state index in [1.807, 2.05) is 0 Å². The standard InChI is InChI=1S/C21H18F3N3O3/c1-30-13-7-6-12-10-17(26-16(12)11-13)20(29)27-9-8-25-19(28)18(27)14-4-2-3-5-15(14)21(22,23)24/h2-7,10-11,18,26H,8-9H2,1H3,(H,25,28). The summed E-state index contributed by atoms with van der Waals surface area (Å²) in [7, 11) is 1.52. The fourth-order valence-corrected chi connectivity index (χ4v) is 3.69. The first-order valence-electron chi connectivity index (χ1n) is 9.21. The number of hydrogen-bond donors (Lipinski definition) is 2. The van der Waals surface area contributed by atoms with Crippen LogP contribution in [0.4, 0.5) is 13.2 Å². The van der Waals surface area contributed by atoms with Crippen molar-refractivity contribution in [2.45, 2.75) is 12.2 Å². The highest BCUT2D eigenvalue weighted by molar-refractivity contribution is 6.01. The summed E-state index contributed by atoms with van der Waals surface area (Å²) in [6, 6.07) is 10.3. The van der Waals surface area contributed by atoms with E-state index in [0.717, 1.165) is 11.5 Å². The van der Waals surface area contributed by atoms with Gasteiger partial charge in [-0.15, -0.1) is 0 Å². The summed E-state index contributed by atoms with van der Waals surface area (Å²) < 4.78 is 45.8. The van der Waals surface area contributed by atoms with E-state index in [4.69, 9.17) is 4.74 Å². The molecule has 0 spiro atoms. The highest BCUT2D eigenvalue weighted by Crippen LogP contribution is 2.37. The second-order valence-electron chi connectivity index (χ2n) is 6.91. The second-order valence-corrected chi connectivity index (χ2v) is 6.91. The molecule has 1 aliphatic rings. The lowest BCUT2D eigenvalue weighted by atomic mass is 9.96. The molecule has 6 nitrogen and oxygen atoms in total. The predicted octanol–water partition coefficient (Wildman–Crippen LogP) is 3.51. The Balaban J connectivity index is 1.75. The van der Waals surface area contributed by atoms with E-state index < -0.39 is 29.6 Å². The maximum Gasteiger partial charge on any atom is 0.416 e. The zero-order valence-electron chi connectivity index (χ0n) is 15.9. The molecule has 2 amide bonds. The van der Waals surface area contributed by atoms with Gasteiger partial charge in [-0.05, 0) is 29.8 Å². The Bertz CT molecular complexity index is 1120. The number of aromatic nitrogens is 1. The number of ether oxygens (including phenoxy) is 1. The first kappa shape index (κ1) is 19.8. The van der Waals surface area contributed by atoms with Gasteiger partial charge in [-0.25, -0.2) is 0 Å². The fourth-order valence-electron chi connectivity index (χ4n) is 3.69. The largest absolute Gasteiger partial charge is 0.497 e. The van der Waals surface area contributed by atoms with E-state index in [1.165, 1.54) is 30.2 Å². The van der Waals surface area contributed by atoms with E-state index in [0.29, 0.717) is 11.3 Å². The molecule has 30 heavy (non-hydrogen) atoms. The van der Waals surface area contributed by atoms with Crippen molar-refractivity contribution in [2.75, 3.05) is 20.2 Å². The zero-order valence-corrected chi connectivity index (χ0v) is 15.9. The number of aromatic amines is 1. The van der Waals surface area contributed by atoms with Crippen LogP contribution in [0.5, 0.6) is 5.75 Å². The number of nitrogens with zero attached hydrogens (tertiary/aromatic N) is 1. The summed E-state index contributed by atoms with van der Waals surface area (Å²) in [4.78, 5) is 29.9. The van der Waals surface area contributed by atoms with Crippen LogP contribution in [0, 0.1) is 0 Å². The van der Waals surface area contributed by atoms with Crippen LogP contribution in [0.15, 0.2) is 48.5 Å². The lowest BCUT2D eigenvalue weighted by Gasteiger charge is -2.36. The van der Waals surface area contributed by atoms with Crippen LogP contribution in [-0.4, -0.2) is 41.9 Å². The molecule has 1 fully saturated rings. The highest BCUT2D eigenvalue weighted by Gasteiger charge is 2.41. The number of benzene rings is 2. The van der Waals surface area contributed by atoms with Gasteiger partial charge in [-0.1, -0.05) is 18.2 Å². The third-order valence-corrected chi connectivity index (χ3v) is 5.09. The molecule has 4 rings (SSSR count). The molecule has 3 aromatic rings. The Labute approximate surface area is 169 Å². The average Bonchev–Trinajstić information content (AvgIpc) is 3.15. The first-order chi connectivity index (χ1) is 14.3. The smallest absolute Gasteiger partial charge is 0.416 e. The molecule has 0 bridgehead atoms. The number of hydrogen-bond acceptors (Lipinski definition) is 3. The van der Waals surface area contributed by atoms with Gasteiger partial charge in [0.05, 0.1) is 12.7 Å². The lowest BCUT2D eigenvalue weighted by molar-refractivity contribution is -0.139. The van der Waals surface area contributed by atoms with Crippen LogP contribution < -0.4 is 10.1 Å². The van der Waals surface area contributed by atoms with Gasteiger partial charge in [0.15, 0.2) is 0 Å². The summed E-state index contributed by atoms with van der Waals surface area (Å²) >= 11 is 0. The Kier molecular flexibility index (Phi) is 4.89. The monoisotopic (exact) mass is 417 g/mol. The van der Waals surface area contributed by atoms with Crippen molar-refractivity contribution in [3.8, 4) is 5.75 Å². The molecule has 2 N–H and O–H groups in total. The van der Waals surface area contributed by atoms with Crippen molar-refractivity contribution in [3.05, 3.63) is 65.4 Å². The van der Waals surface area contributed by atoms with Gasteiger partial charge >= 0.3 is 6.18 Å². The summed E-state index contributed by atoms with van der Waals surface area (Å²) in [5.41, 5.74) is -0.367. The summed E-state index contributed by atoms with van der Waals surface area (Å²) in [6.45, 7) is 0.240. The number of carbonyl (C=O) groups is 2. The van der Waals surface area contributed by atoms with Crippen molar-refractivity contribution in [2.24, 2.45) is 0 Å². The number of methoxy groups -OCH3 is 1. The van der Waals surface area contributed by atoms with Crippen molar-refractivity contribution in [3.63, 3.8) is 0 Å². The minimum Gasteiger partial charge on any atom is -0.497 e. The Hall–Kier alpha value is -3.49. The fraction of sp³-hybridized carbons (Fsp3) is 0.238. The van der Waals surface area contributed by atoms with Gasteiger partial charge < -0.3 is 19.9 Å². The van der Waals surface area contributed by atoms with Crippen LogP contribution in [0.2, 0.25) is 0 Å². The number of amides is 2. The van der Waals surface area contributed by atoms with E-state index in [-0.39, 0.29) is 24.3 Å².